The van der Waals surface area contributed by atoms with Gasteiger partial charge in [-0.2, -0.15) is 0 Å². The highest BCUT2D eigenvalue weighted by molar-refractivity contribution is 6.29. The third kappa shape index (κ3) is 5.45. The van der Waals surface area contributed by atoms with Crippen molar-refractivity contribution in [3.05, 3.63) is 58.5 Å². The van der Waals surface area contributed by atoms with Crippen LogP contribution in [0.15, 0.2) is 24.5 Å². The average Bonchev–Trinajstić information content (AvgIpc) is 3.05. The van der Waals surface area contributed by atoms with Crippen LogP contribution in [0.1, 0.15) is 43.4 Å². The molecule has 1 atom stereocenters. The van der Waals surface area contributed by atoms with Crippen molar-refractivity contribution in [2.75, 3.05) is 18.5 Å². The second-order valence-electron chi connectivity index (χ2n) is 9.99. The Morgan fingerprint density at radius 3 is 2.42 bits per heavy atom. The maximum absolute atomic E-state index is 14.8. The highest BCUT2D eigenvalue weighted by Crippen LogP contribution is 2.31. The molecular weight excluding hydrogens is 523 g/mol. The first-order valence-electron chi connectivity index (χ1n) is 11.9. The summed E-state index contributed by atoms with van der Waals surface area (Å²) in [5, 5.41) is 5.46. The molecule has 0 aliphatic carbocycles. The maximum Gasteiger partial charge on any atom is 0.272 e. The van der Waals surface area contributed by atoms with Gasteiger partial charge in [-0.3, -0.25) is 14.6 Å². The highest BCUT2D eigenvalue weighted by Gasteiger charge is 2.35. The first kappa shape index (κ1) is 27.4. The van der Waals surface area contributed by atoms with Gasteiger partial charge < -0.3 is 20.1 Å². The van der Waals surface area contributed by atoms with Crippen molar-refractivity contribution in [1.82, 2.24) is 30.2 Å². The van der Waals surface area contributed by atoms with Crippen LogP contribution in [-0.4, -0.2) is 51.0 Å². The lowest BCUT2D eigenvalue weighted by Gasteiger charge is -2.29. The van der Waals surface area contributed by atoms with E-state index in [-0.39, 0.29) is 28.8 Å². The minimum atomic E-state index is -1.34. The van der Waals surface area contributed by atoms with Crippen molar-refractivity contribution in [3.63, 3.8) is 0 Å². The number of imidazole rings is 1. The fraction of sp³-hybridized carbons (Fsp3) is 0.400. The van der Waals surface area contributed by atoms with Gasteiger partial charge in [0.05, 0.1) is 30.2 Å². The first-order chi connectivity index (χ1) is 17.9. The van der Waals surface area contributed by atoms with Crippen molar-refractivity contribution >= 4 is 29.2 Å². The summed E-state index contributed by atoms with van der Waals surface area (Å²) >= 11 is 6.03. The van der Waals surface area contributed by atoms with Gasteiger partial charge in [-0.25, -0.2) is 23.1 Å². The lowest BCUT2D eigenvalue weighted by molar-refractivity contribution is -0.124. The van der Waals surface area contributed by atoms with Gasteiger partial charge >= 0.3 is 0 Å². The zero-order chi connectivity index (χ0) is 27.8. The van der Waals surface area contributed by atoms with Gasteiger partial charge in [-0.05, 0) is 17.9 Å². The average molecular weight is 550 g/mol. The number of carbonyl (C=O) groups is 2. The number of rotatable bonds is 5. The molecule has 1 aliphatic heterocycles. The highest BCUT2D eigenvalue weighted by atomic mass is 35.5. The van der Waals surface area contributed by atoms with Crippen LogP contribution in [0.25, 0.3) is 11.4 Å². The molecule has 3 aromatic rings. The number of fused-ring (bicyclic) bond motifs is 1. The summed E-state index contributed by atoms with van der Waals surface area (Å²) in [5.41, 5.74) is -0.641. The molecule has 2 aromatic heterocycles. The SMILES string of the molecule is CNC(=O)C(NC(=O)c1nc(-c2cc(F)c(F)cc2F)n2c1CN(c1cncc(Cl)n1)CCC2)C(C)(C)C. The van der Waals surface area contributed by atoms with E-state index in [1.54, 1.807) is 25.3 Å². The number of hydrogen-bond acceptors (Lipinski definition) is 6. The number of nitrogens with zero attached hydrogens (tertiary/aromatic N) is 5. The number of hydrogen-bond donors (Lipinski definition) is 2. The second kappa shape index (κ2) is 10.6. The van der Waals surface area contributed by atoms with E-state index in [1.807, 2.05) is 4.90 Å². The number of likely N-dealkylation sites (N-methyl/N-ethyl adjacent to an activating group) is 1. The third-order valence-corrected chi connectivity index (χ3v) is 6.44. The zero-order valence-corrected chi connectivity index (χ0v) is 22.0. The van der Waals surface area contributed by atoms with E-state index in [9.17, 15) is 22.8 Å². The number of aromatic nitrogens is 4. The minimum absolute atomic E-state index is 0.0344. The van der Waals surface area contributed by atoms with Crippen LogP contribution in [0, 0.1) is 22.9 Å². The molecule has 0 radical (unpaired) electrons. The quantitative estimate of drug-likeness (QED) is 0.470. The molecule has 4 rings (SSSR count). The maximum atomic E-state index is 14.8. The Hall–Kier alpha value is -3.67. The summed E-state index contributed by atoms with van der Waals surface area (Å²) in [6, 6.07) is 0.245. The van der Waals surface area contributed by atoms with Gasteiger partial charge in [-0.1, -0.05) is 32.4 Å². The van der Waals surface area contributed by atoms with Gasteiger partial charge in [0.1, 0.15) is 28.7 Å². The normalized spacial score (nSPS) is 14.5. The van der Waals surface area contributed by atoms with E-state index in [0.717, 1.165) is 6.07 Å². The summed E-state index contributed by atoms with van der Waals surface area (Å²) in [6.45, 7) is 6.27. The Bertz CT molecular complexity index is 1390. The van der Waals surface area contributed by atoms with Crippen molar-refractivity contribution in [3.8, 4) is 11.4 Å². The fourth-order valence-electron chi connectivity index (χ4n) is 4.35. The van der Waals surface area contributed by atoms with Crippen LogP contribution < -0.4 is 15.5 Å². The van der Waals surface area contributed by atoms with E-state index in [0.29, 0.717) is 37.1 Å². The Balaban J connectivity index is 1.84. The van der Waals surface area contributed by atoms with Crippen LogP contribution in [0.5, 0.6) is 0 Å². The van der Waals surface area contributed by atoms with E-state index in [2.05, 4.69) is 25.6 Å². The van der Waals surface area contributed by atoms with Crippen LogP contribution in [0.4, 0.5) is 19.0 Å². The molecule has 0 saturated heterocycles. The summed E-state index contributed by atoms with van der Waals surface area (Å²) in [7, 11) is 1.46. The number of amides is 2. The molecule has 3 heterocycles. The fourth-order valence-corrected chi connectivity index (χ4v) is 4.49. The van der Waals surface area contributed by atoms with Crippen LogP contribution in [0.2, 0.25) is 5.15 Å². The molecule has 202 valence electrons. The van der Waals surface area contributed by atoms with E-state index < -0.39 is 40.7 Å². The standard InChI is InChI=1S/C25H27ClF3N7O2/c1-25(2,3)21(24(38)30-4)34-23(37)20-17-12-35(19-11-31-10-18(26)32-19)6-5-7-36(17)22(33-20)13-8-15(28)16(29)9-14(13)27/h8-11,21H,5-7,12H2,1-4H3,(H,30,38)(H,34,37). The Labute approximate surface area is 222 Å². The number of halogens is 4. The van der Waals surface area contributed by atoms with Crippen molar-refractivity contribution in [2.45, 2.75) is 46.3 Å². The van der Waals surface area contributed by atoms with Gasteiger partial charge in [0.25, 0.3) is 5.91 Å². The Morgan fingerprint density at radius 2 is 1.76 bits per heavy atom. The van der Waals surface area contributed by atoms with Gasteiger partial charge in [0, 0.05) is 26.2 Å². The molecule has 0 bridgehead atoms. The van der Waals surface area contributed by atoms with Crippen LogP contribution >= 0.6 is 11.6 Å². The number of benzene rings is 1. The number of nitrogens with one attached hydrogen (secondary N) is 2. The first-order valence-corrected chi connectivity index (χ1v) is 12.3. The molecule has 1 unspecified atom stereocenters. The summed E-state index contributed by atoms with van der Waals surface area (Å²) < 4.78 is 44.3. The molecule has 13 heteroatoms. The number of carbonyl (C=O) groups excluding carboxylic acids is 2. The lowest BCUT2D eigenvalue weighted by atomic mass is 9.86. The molecule has 0 saturated carbocycles. The summed E-state index contributed by atoms with van der Waals surface area (Å²) in [5.74, 6) is -4.27. The Kier molecular flexibility index (Phi) is 7.63. The molecule has 0 fully saturated rings. The lowest BCUT2D eigenvalue weighted by Crippen LogP contribution is -2.53. The Morgan fingerprint density at radius 1 is 1.05 bits per heavy atom. The van der Waals surface area contributed by atoms with Gasteiger partial charge in [-0.15, -0.1) is 0 Å². The van der Waals surface area contributed by atoms with E-state index in [1.165, 1.54) is 19.4 Å². The predicted molar refractivity (Wildman–Crippen MR) is 135 cm³/mol. The third-order valence-electron chi connectivity index (χ3n) is 6.26. The monoisotopic (exact) mass is 549 g/mol. The molecule has 2 amide bonds. The van der Waals surface area contributed by atoms with Crippen molar-refractivity contribution in [2.24, 2.45) is 5.41 Å². The zero-order valence-electron chi connectivity index (χ0n) is 21.3. The smallest absolute Gasteiger partial charge is 0.272 e. The molecule has 1 aromatic carbocycles. The van der Waals surface area contributed by atoms with E-state index >= 15 is 0 Å². The summed E-state index contributed by atoms with van der Waals surface area (Å²) in [6.07, 6.45) is 3.44. The van der Waals surface area contributed by atoms with Crippen molar-refractivity contribution in [1.29, 1.82) is 0 Å². The van der Waals surface area contributed by atoms with Crippen molar-refractivity contribution < 1.29 is 22.8 Å². The number of anilines is 1. The molecule has 9 nitrogen and oxygen atoms in total. The molecule has 0 spiro atoms. The minimum Gasteiger partial charge on any atom is -0.357 e. The molecule has 1 aliphatic rings. The molecular formula is C25H27ClF3N7O2. The van der Waals surface area contributed by atoms with Gasteiger partial charge in [0.2, 0.25) is 5.91 Å². The second-order valence-corrected chi connectivity index (χ2v) is 10.4. The van der Waals surface area contributed by atoms with E-state index in [4.69, 9.17) is 11.6 Å². The largest absolute Gasteiger partial charge is 0.357 e. The summed E-state index contributed by atoms with van der Waals surface area (Å²) in [4.78, 5) is 40.8. The van der Waals surface area contributed by atoms with Crippen LogP contribution in [0.3, 0.4) is 0 Å². The molecule has 38 heavy (non-hydrogen) atoms. The van der Waals surface area contributed by atoms with Gasteiger partial charge in [0.15, 0.2) is 17.3 Å². The molecule has 2 N–H and O–H groups in total. The topological polar surface area (TPSA) is 105 Å². The van der Waals surface area contributed by atoms with Crippen LogP contribution in [-0.2, 0) is 17.9 Å². The predicted octanol–water partition coefficient (Wildman–Crippen LogP) is 3.71.